The highest BCUT2D eigenvalue weighted by molar-refractivity contribution is 6.03. The Morgan fingerprint density at radius 3 is 2.69 bits per heavy atom. The molecule has 0 spiro atoms. The molecule has 0 N–H and O–H groups in total. The van der Waals surface area contributed by atoms with Crippen LogP contribution in [0.1, 0.15) is 13.8 Å². The van der Waals surface area contributed by atoms with Crippen molar-refractivity contribution in [2.75, 3.05) is 26.2 Å². The molecule has 6 heteroatoms. The molecule has 0 aromatic carbocycles. The monoisotopic (exact) mass is 235 g/mol. The van der Waals surface area contributed by atoms with Gasteiger partial charge in [0, 0.05) is 6.54 Å². The highest BCUT2D eigenvalue weighted by atomic mass is 19.3. The zero-order valence-corrected chi connectivity index (χ0v) is 9.33. The first kappa shape index (κ1) is 13.0. The van der Waals surface area contributed by atoms with E-state index in [1.54, 1.807) is 13.8 Å². The summed E-state index contributed by atoms with van der Waals surface area (Å²) in [4.78, 5) is 24.1. The maximum Gasteiger partial charge on any atom is 0.318 e. The molecule has 1 heterocycles. The summed E-state index contributed by atoms with van der Waals surface area (Å²) in [6.07, 6.45) is 0. The van der Waals surface area contributed by atoms with Gasteiger partial charge in [-0.2, -0.15) is 8.78 Å². The van der Waals surface area contributed by atoms with Gasteiger partial charge in [-0.15, -0.1) is 0 Å². The number of piperidine rings is 1. The molecular formula is C10H15F2NO3. The van der Waals surface area contributed by atoms with E-state index in [1.165, 1.54) is 4.90 Å². The topological polar surface area (TPSA) is 46.6 Å². The number of likely N-dealkylation sites (tertiary alicyclic amines) is 1. The predicted molar refractivity (Wildman–Crippen MR) is 52.2 cm³/mol. The Kier molecular flexibility index (Phi) is 3.96. The van der Waals surface area contributed by atoms with Crippen LogP contribution in [0.3, 0.4) is 0 Å². The summed E-state index contributed by atoms with van der Waals surface area (Å²) >= 11 is 0. The number of esters is 1. The number of ketones is 1. The molecular weight excluding hydrogens is 220 g/mol. The number of halogens is 2. The Hall–Kier alpha value is -1.04. The van der Waals surface area contributed by atoms with Crippen molar-refractivity contribution in [1.82, 2.24) is 4.90 Å². The Balaban J connectivity index is 2.82. The molecule has 4 nitrogen and oxygen atoms in total. The van der Waals surface area contributed by atoms with Gasteiger partial charge in [0.25, 0.3) is 0 Å². The third-order valence-electron chi connectivity index (χ3n) is 2.56. The lowest BCUT2D eigenvalue weighted by atomic mass is 9.93. The second-order valence-corrected chi connectivity index (χ2v) is 3.70. The van der Waals surface area contributed by atoms with Gasteiger partial charge in [0.05, 0.1) is 13.2 Å². The normalized spacial score (nSPS) is 25.5. The summed E-state index contributed by atoms with van der Waals surface area (Å²) in [5.74, 6) is -6.99. The average Bonchev–Trinajstić information content (AvgIpc) is 2.22. The van der Waals surface area contributed by atoms with Crippen molar-refractivity contribution in [3.63, 3.8) is 0 Å². The van der Waals surface area contributed by atoms with Crippen molar-refractivity contribution >= 4 is 11.8 Å². The van der Waals surface area contributed by atoms with Gasteiger partial charge in [-0.25, -0.2) is 0 Å². The molecule has 0 aromatic heterocycles. The van der Waals surface area contributed by atoms with Gasteiger partial charge in [0.1, 0.15) is 5.92 Å². The van der Waals surface area contributed by atoms with Crippen LogP contribution >= 0.6 is 0 Å². The van der Waals surface area contributed by atoms with E-state index in [2.05, 4.69) is 4.74 Å². The summed E-state index contributed by atoms with van der Waals surface area (Å²) in [7, 11) is 0. The van der Waals surface area contributed by atoms with E-state index >= 15 is 0 Å². The Labute approximate surface area is 92.5 Å². The molecule has 0 saturated carbocycles. The molecule has 1 saturated heterocycles. The smallest absolute Gasteiger partial charge is 0.318 e. The largest absolute Gasteiger partial charge is 0.465 e. The SMILES string of the molecule is CCOC(=O)C1CN(CC)CC(F)(F)C1=O. The molecule has 1 aliphatic rings. The number of Topliss-reactive ketones (excluding diaryl/α,β-unsaturated/α-hetero) is 1. The minimum atomic E-state index is -3.45. The van der Waals surface area contributed by atoms with Gasteiger partial charge in [-0.05, 0) is 13.5 Å². The second-order valence-electron chi connectivity index (χ2n) is 3.70. The third-order valence-corrected chi connectivity index (χ3v) is 2.56. The minimum absolute atomic E-state index is 0.0176. The van der Waals surface area contributed by atoms with E-state index in [0.29, 0.717) is 6.54 Å². The van der Waals surface area contributed by atoms with Crippen LogP contribution in [-0.2, 0) is 14.3 Å². The van der Waals surface area contributed by atoms with Crippen LogP contribution in [0.4, 0.5) is 8.78 Å². The van der Waals surface area contributed by atoms with E-state index in [-0.39, 0.29) is 13.2 Å². The van der Waals surface area contributed by atoms with Gasteiger partial charge in [-0.1, -0.05) is 6.92 Å². The summed E-state index contributed by atoms with van der Waals surface area (Å²) in [5, 5.41) is 0. The van der Waals surface area contributed by atoms with Gasteiger partial charge < -0.3 is 4.74 Å². The first-order chi connectivity index (χ1) is 7.42. The Morgan fingerprint density at radius 1 is 1.56 bits per heavy atom. The fourth-order valence-corrected chi connectivity index (χ4v) is 1.68. The second kappa shape index (κ2) is 4.86. The summed E-state index contributed by atoms with van der Waals surface area (Å²) in [5.41, 5.74) is 0. The highest BCUT2D eigenvalue weighted by Crippen LogP contribution is 2.27. The highest BCUT2D eigenvalue weighted by Gasteiger charge is 2.51. The van der Waals surface area contributed by atoms with Crippen molar-refractivity contribution in [2.24, 2.45) is 5.92 Å². The zero-order chi connectivity index (χ0) is 12.3. The summed E-state index contributed by atoms with van der Waals surface area (Å²) in [6, 6.07) is 0. The first-order valence-electron chi connectivity index (χ1n) is 5.23. The number of hydrogen-bond acceptors (Lipinski definition) is 4. The van der Waals surface area contributed by atoms with Crippen LogP contribution in [0, 0.1) is 5.92 Å². The minimum Gasteiger partial charge on any atom is -0.465 e. The molecule has 0 radical (unpaired) electrons. The lowest BCUT2D eigenvalue weighted by molar-refractivity contribution is -0.170. The van der Waals surface area contributed by atoms with Crippen LogP contribution in [0.5, 0.6) is 0 Å². The van der Waals surface area contributed by atoms with Crippen LogP contribution in [-0.4, -0.2) is 48.8 Å². The summed E-state index contributed by atoms with van der Waals surface area (Å²) in [6.45, 7) is 3.14. The molecule has 92 valence electrons. The van der Waals surface area contributed by atoms with E-state index < -0.39 is 30.1 Å². The lowest BCUT2D eigenvalue weighted by Crippen LogP contribution is -2.56. The number of rotatable bonds is 3. The molecule has 0 amide bonds. The predicted octanol–water partition coefficient (Wildman–Crippen LogP) is 0.706. The molecule has 1 rings (SSSR count). The molecule has 1 atom stereocenters. The fourth-order valence-electron chi connectivity index (χ4n) is 1.68. The average molecular weight is 235 g/mol. The van der Waals surface area contributed by atoms with Gasteiger partial charge in [0.2, 0.25) is 5.78 Å². The number of carbonyl (C=O) groups is 2. The van der Waals surface area contributed by atoms with Crippen molar-refractivity contribution in [3.8, 4) is 0 Å². The number of hydrogen-bond donors (Lipinski definition) is 0. The van der Waals surface area contributed by atoms with Gasteiger partial charge in [-0.3, -0.25) is 14.5 Å². The standard InChI is InChI=1S/C10H15F2NO3/c1-3-13-5-7(9(15)16-4-2)8(14)10(11,12)6-13/h7H,3-6H2,1-2H3. The van der Waals surface area contributed by atoms with Crippen molar-refractivity contribution in [3.05, 3.63) is 0 Å². The van der Waals surface area contributed by atoms with E-state index in [1.807, 2.05) is 0 Å². The fraction of sp³-hybridized carbons (Fsp3) is 0.800. The zero-order valence-electron chi connectivity index (χ0n) is 9.33. The van der Waals surface area contributed by atoms with Crippen molar-refractivity contribution in [1.29, 1.82) is 0 Å². The van der Waals surface area contributed by atoms with E-state index in [4.69, 9.17) is 0 Å². The van der Waals surface area contributed by atoms with E-state index in [0.717, 1.165) is 0 Å². The molecule has 0 bridgehead atoms. The molecule has 1 aliphatic heterocycles. The molecule has 16 heavy (non-hydrogen) atoms. The van der Waals surface area contributed by atoms with Crippen LogP contribution in [0.15, 0.2) is 0 Å². The summed E-state index contributed by atoms with van der Waals surface area (Å²) < 4.78 is 31.2. The number of nitrogens with zero attached hydrogens (tertiary/aromatic N) is 1. The number of carbonyl (C=O) groups excluding carboxylic acids is 2. The molecule has 1 unspecified atom stereocenters. The third kappa shape index (κ3) is 2.55. The lowest BCUT2D eigenvalue weighted by Gasteiger charge is -2.34. The quantitative estimate of drug-likeness (QED) is 0.534. The van der Waals surface area contributed by atoms with Gasteiger partial charge in [0.15, 0.2) is 0 Å². The molecule has 1 fully saturated rings. The molecule has 0 aliphatic carbocycles. The van der Waals surface area contributed by atoms with Gasteiger partial charge >= 0.3 is 11.9 Å². The number of alkyl halides is 2. The van der Waals surface area contributed by atoms with Crippen LogP contribution in [0.2, 0.25) is 0 Å². The Bertz CT molecular complexity index is 294. The molecule has 0 aromatic rings. The Morgan fingerprint density at radius 2 is 2.19 bits per heavy atom. The van der Waals surface area contributed by atoms with Crippen LogP contribution < -0.4 is 0 Å². The first-order valence-corrected chi connectivity index (χ1v) is 5.23. The van der Waals surface area contributed by atoms with Crippen LogP contribution in [0.25, 0.3) is 0 Å². The number of ether oxygens (including phenoxy) is 1. The maximum atomic E-state index is 13.3. The van der Waals surface area contributed by atoms with E-state index in [9.17, 15) is 18.4 Å². The maximum absolute atomic E-state index is 13.3. The van der Waals surface area contributed by atoms with Crippen molar-refractivity contribution < 1.29 is 23.1 Å². The van der Waals surface area contributed by atoms with Crippen molar-refractivity contribution in [2.45, 2.75) is 19.8 Å².